The Kier molecular flexibility index (Phi) is 6.64. The Morgan fingerprint density at radius 2 is 1.48 bits per heavy atom. The molecule has 1 radical (unpaired) electrons. The van der Waals surface area contributed by atoms with Crippen molar-refractivity contribution in [1.82, 2.24) is 0 Å². The van der Waals surface area contributed by atoms with E-state index < -0.39 is 12.6 Å². The minimum Gasteiger partial charge on any atom is -0.171 e. The highest BCUT2D eigenvalue weighted by atomic mass is 28.3. The summed E-state index contributed by atoms with van der Waals surface area (Å²) >= 11 is 0. The largest absolute Gasteiger partial charge is 0.389 e. The molecule has 4 heteroatoms. The van der Waals surface area contributed by atoms with Gasteiger partial charge in [0.2, 0.25) is 0 Å². The van der Waals surface area contributed by atoms with Crippen molar-refractivity contribution in [1.29, 1.82) is 0 Å². The van der Waals surface area contributed by atoms with Crippen LogP contribution in [-0.2, 0) is 0 Å². The maximum absolute atomic E-state index is 12.3. The van der Waals surface area contributed by atoms with Crippen molar-refractivity contribution in [2.45, 2.75) is 89.0 Å². The third kappa shape index (κ3) is 5.95. The minimum absolute atomic E-state index is 0.0294. The van der Waals surface area contributed by atoms with Crippen molar-refractivity contribution in [3.05, 3.63) is 0 Å². The van der Waals surface area contributed by atoms with Crippen LogP contribution in [0.2, 0.25) is 18.1 Å². The van der Waals surface area contributed by atoms with Crippen molar-refractivity contribution >= 4 is 8.80 Å². The first-order valence-electron chi connectivity index (χ1n) is 8.88. The molecule has 0 aromatic rings. The van der Waals surface area contributed by atoms with Crippen molar-refractivity contribution < 1.29 is 13.2 Å². The van der Waals surface area contributed by atoms with Crippen LogP contribution in [0.5, 0.6) is 0 Å². The van der Waals surface area contributed by atoms with Gasteiger partial charge in [0, 0.05) is 15.2 Å². The van der Waals surface area contributed by atoms with Gasteiger partial charge in [0.05, 0.1) is 0 Å². The van der Waals surface area contributed by atoms with Crippen LogP contribution in [0.15, 0.2) is 0 Å². The monoisotopic (exact) mass is 319 g/mol. The predicted molar refractivity (Wildman–Crippen MR) is 83.9 cm³/mol. The Bertz CT molecular complexity index is 287. The molecule has 0 nitrogen and oxygen atoms in total. The lowest BCUT2D eigenvalue weighted by atomic mass is 9.73. The minimum atomic E-state index is -3.96. The Balaban J connectivity index is 1.65. The second kappa shape index (κ2) is 8.03. The van der Waals surface area contributed by atoms with Crippen molar-refractivity contribution in [2.24, 2.45) is 17.8 Å². The first-order valence-corrected chi connectivity index (χ1v) is 11.0. The van der Waals surface area contributed by atoms with Crippen LogP contribution >= 0.6 is 0 Å². The van der Waals surface area contributed by atoms with Gasteiger partial charge in [-0.15, -0.1) is 0 Å². The summed E-state index contributed by atoms with van der Waals surface area (Å²) in [6, 6.07) is 4.48. The smallest absolute Gasteiger partial charge is 0.171 e. The Morgan fingerprint density at radius 1 is 0.905 bits per heavy atom. The second-order valence-corrected chi connectivity index (χ2v) is 10.3. The first kappa shape index (κ1) is 17.4. The van der Waals surface area contributed by atoms with E-state index in [1.54, 1.807) is 0 Å². The van der Waals surface area contributed by atoms with E-state index in [1.807, 2.05) is 0 Å². The fraction of sp³-hybridized carbons (Fsp3) is 1.00. The number of hydrogen-bond acceptors (Lipinski definition) is 0. The van der Waals surface area contributed by atoms with Gasteiger partial charge in [-0.1, -0.05) is 57.2 Å². The summed E-state index contributed by atoms with van der Waals surface area (Å²) in [4.78, 5) is 0. The van der Waals surface area contributed by atoms with Gasteiger partial charge in [-0.2, -0.15) is 13.2 Å². The van der Waals surface area contributed by atoms with Crippen molar-refractivity contribution in [2.75, 3.05) is 0 Å². The van der Waals surface area contributed by atoms with E-state index in [1.165, 1.54) is 50.2 Å². The van der Waals surface area contributed by atoms with Crippen molar-refractivity contribution in [3.63, 3.8) is 0 Å². The maximum Gasteiger partial charge on any atom is 0.389 e. The van der Waals surface area contributed by atoms with E-state index in [-0.39, 0.29) is 8.80 Å². The van der Waals surface area contributed by atoms with E-state index >= 15 is 0 Å². The molecule has 0 amide bonds. The molecule has 1 aliphatic heterocycles. The molecule has 2 aliphatic rings. The lowest BCUT2D eigenvalue weighted by molar-refractivity contribution is -0.138. The molecule has 1 saturated carbocycles. The van der Waals surface area contributed by atoms with Crippen LogP contribution in [0.1, 0.15) is 64.7 Å². The molecular formula is C17H30F3Si. The van der Waals surface area contributed by atoms with Gasteiger partial charge in [0.1, 0.15) is 0 Å². The van der Waals surface area contributed by atoms with Crippen LogP contribution in [0.4, 0.5) is 13.2 Å². The lowest BCUT2D eigenvalue weighted by Crippen LogP contribution is -2.28. The molecule has 2 rings (SSSR count). The number of alkyl halides is 3. The molecule has 0 aromatic carbocycles. The Morgan fingerprint density at radius 3 is 2.00 bits per heavy atom. The molecule has 0 unspecified atom stereocenters. The van der Waals surface area contributed by atoms with Crippen LogP contribution in [-0.4, -0.2) is 15.0 Å². The van der Waals surface area contributed by atoms with E-state index in [0.29, 0.717) is 12.3 Å². The maximum atomic E-state index is 12.3. The summed E-state index contributed by atoms with van der Waals surface area (Å²) in [6.07, 6.45) is 4.51. The number of halogens is 3. The zero-order chi connectivity index (χ0) is 15.3. The molecule has 1 saturated heterocycles. The number of hydrogen-bond donors (Lipinski definition) is 0. The zero-order valence-electron chi connectivity index (χ0n) is 13.4. The van der Waals surface area contributed by atoms with Crippen LogP contribution < -0.4 is 0 Å². The highest BCUT2D eigenvalue weighted by Crippen LogP contribution is 2.42. The topological polar surface area (TPSA) is 0 Å². The summed E-state index contributed by atoms with van der Waals surface area (Å²) in [5.41, 5.74) is 0. The molecule has 1 heterocycles. The number of rotatable bonds is 5. The average Bonchev–Trinajstić information content (AvgIpc) is 2.46. The summed E-state index contributed by atoms with van der Waals surface area (Å²) < 4.78 is 36.8. The van der Waals surface area contributed by atoms with Gasteiger partial charge in [-0.05, 0) is 37.0 Å². The fourth-order valence-electron chi connectivity index (χ4n) is 4.44. The van der Waals surface area contributed by atoms with Crippen LogP contribution in [0, 0.1) is 17.8 Å². The SMILES string of the molecule is CCC[Si]1CCC(C2CCC(CCC(F)(F)F)CC2)CC1. The molecule has 0 aromatic heterocycles. The van der Waals surface area contributed by atoms with Gasteiger partial charge in [0.25, 0.3) is 0 Å². The Labute approximate surface area is 129 Å². The summed E-state index contributed by atoms with van der Waals surface area (Å²) in [5, 5.41) is 0. The third-order valence-corrected chi connectivity index (χ3v) is 8.93. The van der Waals surface area contributed by atoms with Crippen LogP contribution in [0.3, 0.4) is 0 Å². The molecule has 0 atom stereocenters. The fourth-order valence-corrected chi connectivity index (χ4v) is 7.45. The van der Waals surface area contributed by atoms with Gasteiger partial charge in [-0.25, -0.2) is 0 Å². The standard InChI is InChI=1S/C17H30F3Si/c1-2-11-21-12-8-16(9-13-21)15-5-3-14(4-6-15)7-10-17(18,19)20/h14-16H,2-13H2,1H3. The molecule has 21 heavy (non-hydrogen) atoms. The highest BCUT2D eigenvalue weighted by Gasteiger charge is 2.33. The molecule has 0 bridgehead atoms. The summed E-state index contributed by atoms with van der Waals surface area (Å²) in [7, 11) is -0.0294. The molecule has 0 spiro atoms. The average molecular weight is 320 g/mol. The van der Waals surface area contributed by atoms with Gasteiger partial charge in [-0.3, -0.25) is 0 Å². The molecular weight excluding hydrogens is 289 g/mol. The predicted octanol–water partition coefficient (Wildman–Crippen LogP) is 6.45. The van der Waals surface area contributed by atoms with E-state index in [4.69, 9.17) is 0 Å². The quantitative estimate of drug-likeness (QED) is 0.511. The van der Waals surface area contributed by atoms with Gasteiger partial charge in [0.15, 0.2) is 0 Å². The van der Waals surface area contributed by atoms with E-state index in [0.717, 1.165) is 24.7 Å². The summed E-state index contributed by atoms with van der Waals surface area (Å²) in [6.45, 7) is 2.30. The van der Waals surface area contributed by atoms with Gasteiger partial charge >= 0.3 is 6.18 Å². The second-order valence-electron chi connectivity index (χ2n) is 7.27. The molecule has 1 aliphatic carbocycles. The van der Waals surface area contributed by atoms with Crippen molar-refractivity contribution in [3.8, 4) is 0 Å². The van der Waals surface area contributed by atoms with Crippen LogP contribution in [0.25, 0.3) is 0 Å². The summed E-state index contributed by atoms with van der Waals surface area (Å²) in [5.74, 6) is 2.07. The van der Waals surface area contributed by atoms with Gasteiger partial charge < -0.3 is 0 Å². The molecule has 0 N–H and O–H groups in total. The first-order chi connectivity index (χ1) is 9.98. The van der Waals surface area contributed by atoms with E-state index in [9.17, 15) is 13.2 Å². The zero-order valence-corrected chi connectivity index (χ0v) is 14.4. The normalized spacial score (nSPS) is 29.7. The lowest BCUT2D eigenvalue weighted by Gasteiger charge is -2.37. The highest BCUT2D eigenvalue weighted by molar-refractivity contribution is 6.58. The Hall–Kier alpha value is 0.00688. The third-order valence-electron chi connectivity index (χ3n) is 5.74. The molecule has 123 valence electrons. The molecule has 2 fully saturated rings. The van der Waals surface area contributed by atoms with E-state index in [2.05, 4.69) is 6.92 Å².